The number of rotatable bonds is 2. The number of benzene rings is 1. The minimum atomic E-state index is -1.03. The summed E-state index contributed by atoms with van der Waals surface area (Å²) >= 11 is 6.15. The topological polar surface area (TPSA) is 47.5 Å². The molecule has 0 bridgehead atoms. The van der Waals surface area contributed by atoms with Crippen molar-refractivity contribution in [3.05, 3.63) is 23.2 Å². The van der Waals surface area contributed by atoms with Crippen LogP contribution < -0.4 is 5.32 Å². The summed E-state index contributed by atoms with van der Waals surface area (Å²) in [6, 6.07) is 5.53. The number of hydrogen-bond acceptors (Lipinski definition) is 4. The van der Waals surface area contributed by atoms with Crippen LogP contribution in [0.25, 0.3) is 0 Å². The predicted molar refractivity (Wildman–Crippen MR) is 71.7 cm³/mol. The molecule has 86 valence electrons. The molecule has 2 rings (SSSR count). The van der Waals surface area contributed by atoms with E-state index in [0.717, 1.165) is 17.0 Å². The molecule has 0 radical (unpaired) electrons. The zero-order chi connectivity index (χ0) is 11.5. The second kappa shape index (κ2) is 5.31. The molecule has 1 aliphatic rings. The Balaban J connectivity index is 2.15. The van der Waals surface area contributed by atoms with Gasteiger partial charge in [0.15, 0.2) is 0 Å². The van der Waals surface area contributed by atoms with Crippen LogP contribution in [0.1, 0.15) is 13.3 Å². The Hall–Kier alpha value is -0.360. The van der Waals surface area contributed by atoms with E-state index in [4.69, 9.17) is 11.6 Å². The highest BCUT2D eigenvalue weighted by atomic mass is 35.5. The summed E-state index contributed by atoms with van der Waals surface area (Å²) in [5, 5.41) is 4.30. The Morgan fingerprint density at radius 3 is 3.12 bits per heavy atom. The van der Waals surface area contributed by atoms with Crippen LogP contribution in [0.5, 0.6) is 0 Å². The van der Waals surface area contributed by atoms with Crippen LogP contribution in [0.3, 0.4) is 0 Å². The molecular weight excluding hydrogens is 264 g/mol. The summed E-state index contributed by atoms with van der Waals surface area (Å²) in [4.78, 5) is 0.963. The largest absolute Gasteiger partial charge is 0.609 e. The molecule has 0 spiro atoms. The van der Waals surface area contributed by atoms with E-state index in [2.05, 4.69) is 9.71 Å². The third-order valence-corrected chi connectivity index (χ3v) is 4.58. The van der Waals surface area contributed by atoms with E-state index in [1.54, 1.807) is 6.07 Å². The predicted octanol–water partition coefficient (Wildman–Crippen LogP) is 3.29. The standard InChI is InChI=1S/C10H11ClN2OS2/c1-2-5-16(14)10-12-8-4-3-7(11)6-9(8)15-13-10/h3-4,6H,2,5H2,1H3,(H,12,13). The van der Waals surface area contributed by atoms with Gasteiger partial charge in [0, 0.05) is 28.1 Å². The Kier molecular flexibility index (Phi) is 4.02. The van der Waals surface area contributed by atoms with Gasteiger partial charge in [-0.15, -0.1) is 4.40 Å². The van der Waals surface area contributed by atoms with E-state index >= 15 is 0 Å². The monoisotopic (exact) mass is 274 g/mol. The first-order chi connectivity index (χ1) is 7.70. The minimum Gasteiger partial charge on any atom is -0.609 e. The van der Waals surface area contributed by atoms with Gasteiger partial charge in [-0.25, -0.2) is 0 Å². The fourth-order valence-corrected chi connectivity index (χ4v) is 3.38. The van der Waals surface area contributed by atoms with Gasteiger partial charge >= 0.3 is 5.17 Å². The van der Waals surface area contributed by atoms with Gasteiger partial charge < -0.3 is 4.55 Å². The summed E-state index contributed by atoms with van der Waals surface area (Å²) in [6.07, 6.45) is 0.880. The summed E-state index contributed by atoms with van der Waals surface area (Å²) in [5.41, 5.74) is 0.920. The molecule has 1 heterocycles. The van der Waals surface area contributed by atoms with Gasteiger partial charge in [-0.1, -0.05) is 18.5 Å². The lowest BCUT2D eigenvalue weighted by Crippen LogP contribution is -2.27. The zero-order valence-corrected chi connectivity index (χ0v) is 11.1. The molecule has 0 saturated carbocycles. The second-order valence-electron chi connectivity index (χ2n) is 3.30. The van der Waals surface area contributed by atoms with Crippen molar-refractivity contribution in [1.82, 2.24) is 0 Å². The van der Waals surface area contributed by atoms with E-state index < -0.39 is 11.2 Å². The van der Waals surface area contributed by atoms with E-state index in [9.17, 15) is 4.55 Å². The van der Waals surface area contributed by atoms with Crippen molar-refractivity contribution in [2.75, 3.05) is 11.1 Å². The number of halogens is 1. The number of hydrogen-bond donors (Lipinski definition) is 1. The number of nitrogens with one attached hydrogen (secondary N) is 1. The number of amidine groups is 1. The first-order valence-corrected chi connectivity index (χ1v) is 7.37. The van der Waals surface area contributed by atoms with Gasteiger partial charge in [0.2, 0.25) is 0 Å². The maximum Gasteiger partial charge on any atom is 0.328 e. The fourth-order valence-electron chi connectivity index (χ4n) is 1.28. The Morgan fingerprint density at radius 2 is 2.38 bits per heavy atom. The molecule has 6 heteroatoms. The van der Waals surface area contributed by atoms with Crippen molar-refractivity contribution >= 4 is 45.6 Å². The summed E-state index contributed by atoms with van der Waals surface area (Å²) in [5.74, 6) is 0.634. The number of anilines is 1. The SMILES string of the molecule is CCC[S+]([O-])C1=NSc2cc(Cl)ccc2N1. The molecule has 1 N–H and O–H groups in total. The molecule has 1 unspecified atom stereocenters. The molecule has 1 aliphatic heterocycles. The van der Waals surface area contributed by atoms with Crippen molar-refractivity contribution in [2.24, 2.45) is 4.40 Å². The van der Waals surface area contributed by atoms with Gasteiger partial charge in [-0.05, 0) is 24.6 Å². The van der Waals surface area contributed by atoms with Gasteiger partial charge in [0.1, 0.15) is 5.75 Å². The zero-order valence-electron chi connectivity index (χ0n) is 8.70. The van der Waals surface area contributed by atoms with Crippen LogP contribution >= 0.6 is 23.5 Å². The molecule has 1 aromatic rings. The second-order valence-corrected chi connectivity index (χ2v) is 6.03. The average Bonchev–Trinajstić information content (AvgIpc) is 2.28. The molecule has 1 atom stereocenters. The van der Waals surface area contributed by atoms with Crippen LogP contribution in [0.15, 0.2) is 27.5 Å². The van der Waals surface area contributed by atoms with Crippen LogP contribution in [-0.4, -0.2) is 15.5 Å². The number of nitrogens with zero attached hydrogens (tertiary/aromatic N) is 1. The van der Waals surface area contributed by atoms with Gasteiger partial charge in [0.25, 0.3) is 0 Å². The van der Waals surface area contributed by atoms with Crippen molar-refractivity contribution in [3.63, 3.8) is 0 Å². The molecular formula is C10H11ClN2OS2. The summed E-state index contributed by atoms with van der Waals surface area (Å²) in [6.45, 7) is 2.00. The molecule has 3 nitrogen and oxygen atoms in total. The maximum atomic E-state index is 11.8. The highest BCUT2D eigenvalue weighted by molar-refractivity contribution is 8.08. The molecule has 0 fully saturated rings. The fraction of sp³-hybridized carbons (Fsp3) is 0.300. The Morgan fingerprint density at radius 1 is 1.56 bits per heavy atom. The maximum absolute atomic E-state index is 11.8. The lowest BCUT2D eigenvalue weighted by molar-refractivity contribution is 0.605. The van der Waals surface area contributed by atoms with E-state index in [1.807, 2.05) is 19.1 Å². The van der Waals surface area contributed by atoms with Gasteiger partial charge in [0.05, 0.1) is 10.6 Å². The van der Waals surface area contributed by atoms with E-state index in [-0.39, 0.29) is 0 Å². The molecule has 1 aromatic carbocycles. The Bertz CT molecular complexity index is 425. The average molecular weight is 275 g/mol. The van der Waals surface area contributed by atoms with E-state index in [0.29, 0.717) is 15.9 Å². The van der Waals surface area contributed by atoms with E-state index in [1.165, 1.54) is 11.9 Å². The third-order valence-electron chi connectivity index (χ3n) is 2.02. The minimum absolute atomic E-state index is 0.543. The molecule has 0 saturated heterocycles. The normalized spacial score (nSPS) is 16.1. The quantitative estimate of drug-likeness (QED) is 0.665. The summed E-state index contributed by atoms with van der Waals surface area (Å²) in [7, 11) is 0. The lowest BCUT2D eigenvalue weighted by atomic mass is 10.3. The summed E-state index contributed by atoms with van der Waals surface area (Å²) < 4.78 is 15.9. The highest BCUT2D eigenvalue weighted by Crippen LogP contribution is 2.34. The molecule has 0 aromatic heterocycles. The molecule has 16 heavy (non-hydrogen) atoms. The van der Waals surface area contributed by atoms with Crippen molar-refractivity contribution in [3.8, 4) is 0 Å². The van der Waals surface area contributed by atoms with Crippen molar-refractivity contribution in [2.45, 2.75) is 18.2 Å². The molecule has 0 aliphatic carbocycles. The van der Waals surface area contributed by atoms with Gasteiger partial charge in [-0.2, -0.15) is 0 Å². The van der Waals surface area contributed by atoms with Crippen molar-refractivity contribution < 1.29 is 4.55 Å². The first kappa shape index (κ1) is 12.1. The van der Waals surface area contributed by atoms with Crippen LogP contribution in [-0.2, 0) is 11.2 Å². The molecule has 0 amide bonds. The van der Waals surface area contributed by atoms with Crippen LogP contribution in [0, 0.1) is 0 Å². The van der Waals surface area contributed by atoms with Gasteiger partial charge in [-0.3, -0.25) is 5.32 Å². The highest BCUT2D eigenvalue weighted by Gasteiger charge is 2.22. The first-order valence-electron chi connectivity index (χ1n) is 4.90. The smallest absolute Gasteiger partial charge is 0.328 e. The lowest BCUT2D eigenvalue weighted by Gasteiger charge is -2.18. The third kappa shape index (κ3) is 2.66. The van der Waals surface area contributed by atoms with Crippen LogP contribution in [0.4, 0.5) is 5.69 Å². The number of fused-ring (bicyclic) bond motifs is 1. The van der Waals surface area contributed by atoms with Crippen LogP contribution in [0.2, 0.25) is 5.02 Å². The van der Waals surface area contributed by atoms with Crippen molar-refractivity contribution in [1.29, 1.82) is 0 Å². The Labute approximate surface area is 107 Å².